The minimum Gasteiger partial charge on any atom is -0.468 e. The second kappa shape index (κ2) is 8.06. The van der Waals surface area contributed by atoms with Crippen molar-refractivity contribution in [3.05, 3.63) is 77.9 Å². The number of nitrogens with zero attached hydrogens (tertiary/aromatic N) is 4. The van der Waals surface area contributed by atoms with Crippen LogP contribution in [0.5, 0.6) is 5.88 Å². The Morgan fingerprint density at radius 3 is 2.44 bits per heavy atom. The highest BCUT2D eigenvalue weighted by molar-refractivity contribution is 5.83. The number of fused-ring (bicyclic) bond motifs is 3. The van der Waals surface area contributed by atoms with E-state index in [1.165, 1.54) is 12.0 Å². The van der Waals surface area contributed by atoms with Gasteiger partial charge in [0.1, 0.15) is 11.5 Å². The first kappa shape index (κ1) is 21.1. The molecule has 0 spiro atoms. The Bertz CT molecular complexity index is 1340. The fourth-order valence-electron chi connectivity index (χ4n) is 4.97. The topological polar surface area (TPSA) is 78.9 Å². The molecule has 1 fully saturated rings. The molecular formula is C28H29N5O. The second-order valence-corrected chi connectivity index (χ2v) is 9.92. The lowest BCUT2D eigenvalue weighted by Crippen LogP contribution is -2.43. The number of pyridine rings is 1. The standard InChI is InChI=1S/C28H29N5O/c1-18(2)15-24-31-32-25-17-34-27-23(33(24)25)16-22(19-7-4-3-5-8-19)26(30-27)20-9-11-21(12-10-20)28(29)13-6-14-28/h3-5,7-12,16,18H,6,13-15,17,29H2,1-2H3. The monoisotopic (exact) mass is 451 g/mol. The van der Waals surface area contributed by atoms with Crippen LogP contribution in [0.1, 0.15) is 50.3 Å². The van der Waals surface area contributed by atoms with E-state index < -0.39 is 0 Å². The van der Waals surface area contributed by atoms with Gasteiger partial charge in [-0.1, -0.05) is 68.4 Å². The fraction of sp³-hybridized carbons (Fsp3) is 0.321. The van der Waals surface area contributed by atoms with Crippen molar-refractivity contribution in [1.82, 2.24) is 19.7 Å². The second-order valence-electron chi connectivity index (χ2n) is 9.92. The lowest BCUT2D eigenvalue weighted by atomic mass is 9.72. The number of hydrogen-bond donors (Lipinski definition) is 1. The number of nitrogens with two attached hydrogens (primary N) is 1. The van der Waals surface area contributed by atoms with Gasteiger partial charge in [0.05, 0.1) is 5.69 Å². The number of ether oxygens (including phenoxy) is 1. The summed E-state index contributed by atoms with van der Waals surface area (Å²) in [6.45, 7) is 4.75. The highest BCUT2D eigenvalue weighted by atomic mass is 16.5. The predicted octanol–water partition coefficient (Wildman–Crippen LogP) is 5.43. The maximum absolute atomic E-state index is 6.56. The van der Waals surface area contributed by atoms with E-state index in [4.69, 9.17) is 15.5 Å². The zero-order chi connectivity index (χ0) is 23.3. The molecule has 2 aliphatic rings. The molecule has 1 aliphatic heterocycles. The van der Waals surface area contributed by atoms with Crippen molar-refractivity contribution in [2.24, 2.45) is 11.7 Å². The lowest BCUT2D eigenvalue weighted by Gasteiger charge is -2.38. The van der Waals surface area contributed by atoms with Crippen molar-refractivity contribution in [1.29, 1.82) is 0 Å². The minimum atomic E-state index is -0.176. The molecule has 3 heterocycles. The molecule has 0 saturated heterocycles. The van der Waals surface area contributed by atoms with Crippen molar-refractivity contribution in [2.45, 2.75) is 51.7 Å². The van der Waals surface area contributed by atoms with Gasteiger partial charge in [0.25, 0.3) is 0 Å². The van der Waals surface area contributed by atoms with Gasteiger partial charge in [-0.25, -0.2) is 4.98 Å². The number of hydrogen-bond acceptors (Lipinski definition) is 5. The van der Waals surface area contributed by atoms with Crippen LogP contribution in [0.3, 0.4) is 0 Å². The first-order valence-corrected chi connectivity index (χ1v) is 12.1. The summed E-state index contributed by atoms with van der Waals surface area (Å²) in [5, 5.41) is 8.85. The first-order valence-electron chi connectivity index (χ1n) is 12.1. The fourth-order valence-corrected chi connectivity index (χ4v) is 4.97. The highest BCUT2D eigenvalue weighted by Crippen LogP contribution is 2.41. The smallest absolute Gasteiger partial charge is 0.239 e. The van der Waals surface area contributed by atoms with Crippen molar-refractivity contribution in [3.8, 4) is 34.0 Å². The number of benzene rings is 2. The Morgan fingerprint density at radius 1 is 1.00 bits per heavy atom. The van der Waals surface area contributed by atoms with E-state index in [1.54, 1.807) is 0 Å². The van der Waals surface area contributed by atoms with Crippen LogP contribution in [0, 0.1) is 5.92 Å². The van der Waals surface area contributed by atoms with Gasteiger partial charge in [-0.15, -0.1) is 10.2 Å². The van der Waals surface area contributed by atoms with Gasteiger partial charge in [-0.3, -0.25) is 4.57 Å². The van der Waals surface area contributed by atoms with Gasteiger partial charge < -0.3 is 10.5 Å². The SMILES string of the molecule is CC(C)Cc1nnc2n1-c1cc(-c3ccccc3)c(-c3ccc(C4(N)CCC4)cc3)nc1OC2. The Kier molecular flexibility index (Phi) is 4.99. The van der Waals surface area contributed by atoms with E-state index in [0.717, 1.165) is 59.0 Å². The predicted molar refractivity (Wildman–Crippen MR) is 133 cm³/mol. The van der Waals surface area contributed by atoms with E-state index in [1.807, 2.05) is 6.07 Å². The van der Waals surface area contributed by atoms with Crippen LogP contribution in [-0.2, 0) is 18.6 Å². The summed E-state index contributed by atoms with van der Waals surface area (Å²) >= 11 is 0. The molecule has 0 atom stereocenters. The average molecular weight is 452 g/mol. The third-order valence-corrected chi connectivity index (χ3v) is 7.00. The summed E-state index contributed by atoms with van der Waals surface area (Å²) < 4.78 is 8.20. The summed E-state index contributed by atoms with van der Waals surface area (Å²) in [5.74, 6) is 2.85. The molecule has 2 aromatic carbocycles. The highest BCUT2D eigenvalue weighted by Gasteiger charge is 2.34. The summed E-state index contributed by atoms with van der Waals surface area (Å²) in [4.78, 5) is 5.05. The van der Waals surface area contributed by atoms with Gasteiger partial charge in [-0.2, -0.15) is 0 Å². The number of rotatable bonds is 5. The maximum atomic E-state index is 6.56. The Balaban J connectivity index is 1.50. The Hall–Kier alpha value is -3.51. The van der Waals surface area contributed by atoms with Crippen molar-refractivity contribution >= 4 is 0 Å². The molecular weight excluding hydrogens is 422 g/mol. The van der Waals surface area contributed by atoms with Crippen LogP contribution in [0.4, 0.5) is 0 Å². The molecule has 0 bridgehead atoms. The summed E-state index contributed by atoms with van der Waals surface area (Å²) in [5.41, 5.74) is 12.6. The zero-order valence-electron chi connectivity index (χ0n) is 19.7. The maximum Gasteiger partial charge on any atom is 0.239 e. The largest absolute Gasteiger partial charge is 0.468 e. The van der Waals surface area contributed by atoms with Crippen molar-refractivity contribution in [3.63, 3.8) is 0 Å². The molecule has 2 N–H and O–H groups in total. The lowest BCUT2D eigenvalue weighted by molar-refractivity contribution is 0.253. The van der Waals surface area contributed by atoms with Gasteiger partial charge in [0.15, 0.2) is 12.4 Å². The van der Waals surface area contributed by atoms with Crippen LogP contribution < -0.4 is 10.5 Å². The summed E-state index contributed by atoms with van der Waals surface area (Å²) in [7, 11) is 0. The minimum absolute atomic E-state index is 0.176. The van der Waals surface area contributed by atoms with E-state index in [-0.39, 0.29) is 5.54 Å². The van der Waals surface area contributed by atoms with E-state index >= 15 is 0 Å². The summed E-state index contributed by atoms with van der Waals surface area (Å²) in [6.07, 6.45) is 4.14. The van der Waals surface area contributed by atoms with Crippen molar-refractivity contribution < 1.29 is 4.74 Å². The normalized spacial score (nSPS) is 15.9. The average Bonchev–Trinajstić information content (AvgIpc) is 3.25. The van der Waals surface area contributed by atoms with E-state index in [0.29, 0.717) is 18.4 Å². The first-order chi connectivity index (χ1) is 16.5. The molecule has 6 heteroatoms. The molecule has 34 heavy (non-hydrogen) atoms. The Morgan fingerprint density at radius 2 is 1.76 bits per heavy atom. The zero-order valence-corrected chi connectivity index (χ0v) is 19.7. The van der Waals surface area contributed by atoms with Crippen LogP contribution in [0.15, 0.2) is 60.7 Å². The molecule has 1 aliphatic carbocycles. The molecule has 0 radical (unpaired) electrons. The van der Waals surface area contributed by atoms with Crippen LogP contribution in [-0.4, -0.2) is 19.7 Å². The molecule has 1 saturated carbocycles. The van der Waals surface area contributed by atoms with E-state index in [9.17, 15) is 0 Å². The molecule has 2 aromatic heterocycles. The molecule has 6 nitrogen and oxygen atoms in total. The van der Waals surface area contributed by atoms with Gasteiger partial charge in [0, 0.05) is 23.1 Å². The van der Waals surface area contributed by atoms with Crippen LogP contribution in [0.2, 0.25) is 0 Å². The molecule has 172 valence electrons. The summed E-state index contributed by atoms with van der Waals surface area (Å²) in [6, 6.07) is 21.2. The third kappa shape index (κ3) is 3.49. The van der Waals surface area contributed by atoms with Gasteiger partial charge in [0.2, 0.25) is 5.88 Å². The van der Waals surface area contributed by atoms with Crippen LogP contribution in [0.25, 0.3) is 28.1 Å². The third-order valence-electron chi connectivity index (χ3n) is 7.00. The van der Waals surface area contributed by atoms with Gasteiger partial charge >= 0.3 is 0 Å². The molecule has 0 unspecified atom stereocenters. The number of aromatic nitrogens is 4. The van der Waals surface area contributed by atoms with Gasteiger partial charge in [-0.05, 0) is 42.4 Å². The molecule has 6 rings (SSSR count). The van der Waals surface area contributed by atoms with E-state index in [2.05, 4.69) is 83.2 Å². The quantitative estimate of drug-likeness (QED) is 0.438. The molecule has 4 aromatic rings. The molecule has 0 amide bonds. The van der Waals surface area contributed by atoms with Crippen LogP contribution >= 0.6 is 0 Å². The van der Waals surface area contributed by atoms with Crippen molar-refractivity contribution in [2.75, 3.05) is 0 Å². The Labute approximate surface area is 199 Å².